The number of aromatic nitrogens is 1. The number of thiazole rings is 1. The van der Waals surface area contributed by atoms with Crippen molar-refractivity contribution >= 4 is 28.1 Å². The second-order valence-electron chi connectivity index (χ2n) is 6.75. The Morgan fingerprint density at radius 3 is 2.88 bits per heavy atom. The van der Waals surface area contributed by atoms with Gasteiger partial charge in [0.05, 0.1) is 12.1 Å². The second-order valence-corrected chi connectivity index (χ2v) is 7.60. The van der Waals surface area contributed by atoms with Crippen LogP contribution in [0.5, 0.6) is 0 Å². The summed E-state index contributed by atoms with van der Waals surface area (Å²) in [5.74, 6) is 0.118. The van der Waals surface area contributed by atoms with Gasteiger partial charge in [-0.05, 0) is 49.8 Å². The van der Waals surface area contributed by atoms with Crippen LogP contribution in [0.4, 0.5) is 10.8 Å². The molecule has 0 radical (unpaired) electrons. The zero-order valence-corrected chi connectivity index (χ0v) is 16.1. The Kier molecular flexibility index (Phi) is 6.63. The molecule has 0 saturated carbocycles. The van der Waals surface area contributed by atoms with E-state index in [1.54, 1.807) is 0 Å². The number of amides is 1. The molecule has 3 rings (SSSR count). The van der Waals surface area contributed by atoms with Gasteiger partial charge in [-0.25, -0.2) is 4.98 Å². The molecule has 1 aromatic carbocycles. The average molecular weight is 374 g/mol. The number of aryl methyl sites for hydroxylation is 1. The van der Waals surface area contributed by atoms with Gasteiger partial charge < -0.3 is 15.3 Å². The summed E-state index contributed by atoms with van der Waals surface area (Å²) < 4.78 is 0. The predicted octanol–water partition coefficient (Wildman–Crippen LogP) is 3.76. The highest BCUT2D eigenvalue weighted by molar-refractivity contribution is 7.13. The molecule has 140 valence electrons. The van der Waals surface area contributed by atoms with E-state index in [0.29, 0.717) is 12.8 Å². The van der Waals surface area contributed by atoms with Crippen molar-refractivity contribution < 1.29 is 9.90 Å². The maximum atomic E-state index is 12.7. The summed E-state index contributed by atoms with van der Waals surface area (Å²) in [4.78, 5) is 19.2. The minimum atomic E-state index is 0.118. The molecule has 1 aliphatic rings. The number of hydrogen-bond acceptors (Lipinski definition) is 5. The maximum absolute atomic E-state index is 12.7. The van der Waals surface area contributed by atoms with Crippen molar-refractivity contribution in [2.45, 2.75) is 51.5 Å². The number of rotatable bonds is 7. The number of benzene rings is 1. The fraction of sp³-hybridized carbons (Fsp3) is 0.500. The van der Waals surface area contributed by atoms with Crippen LogP contribution in [0.2, 0.25) is 0 Å². The van der Waals surface area contributed by atoms with Crippen molar-refractivity contribution in [1.82, 2.24) is 9.88 Å². The van der Waals surface area contributed by atoms with E-state index in [1.165, 1.54) is 16.9 Å². The Hall–Kier alpha value is -1.92. The number of carbonyl (C=O) groups is 1. The first-order valence-corrected chi connectivity index (χ1v) is 10.3. The van der Waals surface area contributed by atoms with Crippen molar-refractivity contribution in [3.8, 4) is 0 Å². The molecule has 6 heteroatoms. The normalized spacial score (nSPS) is 17.3. The topological polar surface area (TPSA) is 65.5 Å². The van der Waals surface area contributed by atoms with Gasteiger partial charge >= 0.3 is 0 Å². The van der Waals surface area contributed by atoms with Crippen molar-refractivity contribution in [3.63, 3.8) is 0 Å². The van der Waals surface area contributed by atoms with Gasteiger partial charge in [-0.15, -0.1) is 11.3 Å². The molecule has 0 aliphatic carbocycles. The molecule has 0 bridgehead atoms. The molecule has 26 heavy (non-hydrogen) atoms. The van der Waals surface area contributed by atoms with Crippen molar-refractivity contribution in [2.75, 3.05) is 18.5 Å². The smallest absolute Gasteiger partial charge is 0.228 e. The first-order valence-electron chi connectivity index (χ1n) is 9.40. The molecule has 1 unspecified atom stereocenters. The fourth-order valence-corrected chi connectivity index (χ4v) is 4.16. The second kappa shape index (κ2) is 9.14. The zero-order chi connectivity index (χ0) is 18.4. The number of nitrogens with one attached hydrogen (secondary N) is 1. The van der Waals surface area contributed by atoms with E-state index >= 15 is 0 Å². The fourth-order valence-electron chi connectivity index (χ4n) is 3.43. The van der Waals surface area contributed by atoms with E-state index in [4.69, 9.17) is 0 Å². The zero-order valence-electron chi connectivity index (χ0n) is 15.3. The van der Waals surface area contributed by atoms with Crippen LogP contribution in [-0.4, -0.2) is 40.1 Å². The Bertz CT molecular complexity index is 712. The van der Waals surface area contributed by atoms with Gasteiger partial charge in [0, 0.05) is 30.3 Å². The van der Waals surface area contributed by atoms with E-state index in [2.05, 4.69) is 41.5 Å². The molecule has 1 amide bonds. The van der Waals surface area contributed by atoms with Crippen LogP contribution in [0.15, 0.2) is 29.6 Å². The lowest BCUT2D eigenvalue weighted by Gasteiger charge is -2.35. The van der Waals surface area contributed by atoms with Crippen LogP contribution in [0.3, 0.4) is 0 Å². The number of carbonyl (C=O) groups excluding carboxylic acids is 1. The summed E-state index contributed by atoms with van der Waals surface area (Å²) in [6, 6.07) is 8.50. The molecule has 1 aliphatic heterocycles. The summed E-state index contributed by atoms with van der Waals surface area (Å²) in [6.45, 7) is 3.07. The minimum absolute atomic E-state index is 0.118. The van der Waals surface area contributed by atoms with Crippen molar-refractivity contribution in [1.29, 1.82) is 0 Å². The lowest BCUT2D eigenvalue weighted by molar-refractivity contribution is -0.134. The highest BCUT2D eigenvalue weighted by Gasteiger charge is 2.26. The van der Waals surface area contributed by atoms with Gasteiger partial charge in [-0.1, -0.05) is 19.1 Å². The third-order valence-corrected chi connectivity index (χ3v) is 5.71. The molecule has 0 spiro atoms. The standard InChI is InChI=1S/C20H27N3O2S/c1-2-15-6-8-16(9-7-15)21-20-22-17(14-26-20)13-19(25)23-11-4-3-5-18(23)10-12-24/h6-9,14,18,24H,2-5,10-13H2,1H3,(H,21,22). The number of likely N-dealkylation sites (tertiary alicyclic amines) is 1. The van der Waals surface area contributed by atoms with Crippen molar-refractivity contribution in [2.24, 2.45) is 0 Å². The lowest BCUT2D eigenvalue weighted by Crippen LogP contribution is -2.44. The highest BCUT2D eigenvalue weighted by Crippen LogP contribution is 2.24. The predicted molar refractivity (Wildman–Crippen MR) is 106 cm³/mol. The van der Waals surface area contributed by atoms with Gasteiger partial charge in [-0.2, -0.15) is 0 Å². The van der Waals surface area contributed by atoms with Crippen LogP contribution in [-0.2, 0) is 17.6 Å². The summed E-state index contributed by atoms with van der Waals surface area (Å²) in [6.07, 6.45) is 5.20. The number of aliphatic hydroxyl groups is 1. The summed E-state index contributed by atoms with van der Waals surface area (Å²) in [5.41, 5.74) is 3.12. The van der Waals surface area contributed by atoms with Crippen LogP contribution in [0.25, 0.3) is 0 Å². The average Bonchev–Trinajstić information content (AvgIpc) is 3.10. The van der Waals surface area contributed by atoms with Gasteiger partial charge in [0.25, 0.3) is 0 Å². The number of anilines is 2. The minimum Gasteiger partial charge on any atom is -0.396 e. The van der Waals surface area contributed by atoms with E-state index in [9.17, 15) is 9.90 Å². The third-order valence-electron chi connectivity index (χ3n) is 4.91. The van der Waals surface area contributed by atoms with E-state index in [1.807, 2.05) is 10.3 Å². The molecule has 1 saturated heterocycles. The molecular formula is C20H27N3O2S. The molecule has 5 nitrogen and oxygen atoms in total. The SMILES string of the molecule is CCc1ccc(Nc2nc(CC(=O)N3CCCCC3CCO)cs2)cc1. The molecule has 1 fully saturated rings. The first kappa shape index (κ1) is 18.9. The lowest BCUT2D eigenvalue weighted by atomic mass is 9.99. The molecular weight excluding hydrogens is 346 g/mol. The van der Waals surface area contributed by atoms with Crippen molar-refractivity contribution in [3.05, 3.63) is 40.9 Å². The van der Waals surface area contributed by atoms with Gasteiger partial charge in [0.15, 0.2) is 5.13 Å². The number of hydrogen-bond donors (Lipinski definition) is 2. The summed E-state index contributed by atoms with van der Waals surface area (Å²) >= 11 is 1.52. The molecule has 2 N–H and O–H groups in total. The summed E-state index contributed by atoms with van der Waals surface area (Å²) in [7, 11) is 0. The van der Waals surface area contributed by atoms with Crippen LogP contribution >= 0.6 is 11.3 Å². The first-order chi connectivity index (χ1) is 12.7. The van der Waals surface area contributed by atoms with Gasteiger partial charge in [0.2, 0.25) is 5.91 Å². The van der Waals surface area contributed by atoms with Gasteiger partial charge in [0.1, 0.15) is 0 Å². The molecule has 2 aromatic rings. The highest BCUT2D eigenvalue weighted by atomic mass is 32.1. The quantitative estimate of drug-likeness (QED) is 0.776. The monoisotopic (exact) mass is 373 g/mol. The largest absolute Gasteiger partial charge is 0.396 e. The Balaban J connectivity index is 1.59. The van der Waals surface area contributed by atoms with Gasteiger partial charge in [-0.3, -0.25) is 4.79 Å². The maximum Gasteiger partial charge on any atom is 0.228 e. The Morgan fingerprint density at radius 2 is 2.15 bits per heavy atom. The Labute approximate surface area is 159 Å². The van der Waals surface area contributed by atoms with Crippen LogP contribution in [0, 0.1) is 0 Å². The summed E-state index contributed by atoms with van der Waals surface area (Å²) in [5, 5.41) is 15.3. The number of aliphatic hydroxyl groups excluding tert-OH is 1. The Morgan fingerprint density at radius 1 is 1.35 bits per heavy atom. The van der Waals surface area contributed by atoms with Crippen LogP contribution < -0.4 is 5.32 Å². The van der Waals surface area contributed by atoms with E-state index in [-0.39, 0.29) is 18.6 Å². The van der Waals surface area contributed by atoms with Crippen LogP contribution in [0.1, 0.15) is 43.9 Å². The van der Waals surface area contributed by atoms with E-state index < -0.39 is 0 Å². The molecule has 2 heterocycles. The third kappa shape index (κ3) is 4.83. The molecule has 1 atom stereocenters. The number of nitrogens with zero attached hydrogens (tertiary/aromatic N) is 2. The molecule has 1 aromatic heterocycles. The van der Waals surface area contributed by atoms with E-state index in [0.717, 1.165) is 48.7 Å². The number of piperidine rings is 1.